The van der Waals surface area contributed by atoms with Gasteiger partial charge in [-0.05, 0) is 36.1 Å². The van der Waals surface area contributed by atoms with Gasteiger partial charge in [0.15, 0.2) is 0 Å². The molecule has 0 spiro atoms. The van der Waals surface area contributed by atoms with Gasteiger partial charge in [0, 0.05) is 23.8 Å². The third kappa shape index (κ3) is 2.91. The number of carboxylic acids is 1. The number of rotatable bonds is 3. The Labute approximate surface area is 106 Å². The Balaban J connectivity index is 2.07. The van der Waals surface area contributed by atoms with Crippen LogP contribution in [0.1, 0.15) is 19.8 Å². The molecule has 4 heteroatoms. The summed E-state index contributed by atoms with van der Waals surface area (Å²) in [5, 5.41) is 9.62. The summed E-state index contributed by atoms with van der Waals surface area (Å²) >= 11 is 5.85. The quantitative estimate of drug-likeness (QED) is 0.900. The lowest BCUT2D eigenvalue weighted by molar-refractivity contribution is -0.139. The fraction of sp³-hybridized carbons (Fsp3) is 0.462. The lowest BCUT2D eigenvalue weighted by Crippen LogP contribution is -2.26. The maximum absolute atomic E-state index is 10.8. The van der Waals surface area contributed by atoms with E-state index >= 15 is 0 Å². The summed E-state index contributed by atoms with van der Waals surface area (Å²) in [5.41, 5.74) is 0.995. The van der Waals surface area contributed by atoms with Crippen molar-refractivity contribution in [2.45, 2.75) is 19.8 Å². The zero-order valence-corrected chi connectivity index (χ0v) is 10.6. The maximum atomic E-state index is 10.8. The van der Waals surface area contributed by atoms with E-state index in [9.17, 15) is 4.79 Å². The first kappa shape index (κ1) is 12.2. The number of aliphatic carboxylic acids is 1. The van der Waals surface area contributed by atoms with E-state index in [-0.39, 0.29) is 11.8 Å². The van der Waals surface area contributed by atoms with Crippen molar-refractivity contribution < 1.29 is 9.90 Å². The number of carboxylic acid groups (broad SMARTS) is 1. The van der Waals surface area contributed by atoms with Crippen LogP contribution in [0.4, 0.5) is 5.69 Å². The highest BCUT2D eigenvalue weighted by Crippen LogP contribution is 2.36. The maximum Gasteiger partial charge on any atom is 0.303 e. The minimum atomic E-state index is -0.717. The van der Waals surface area contributed by atoms with Gasteiger partial charge in [0.1, 0.15) is 0 Å². The number of hydrogen-bond donors (Lipinski definition) is 1. The van der Waals surface area contributed by atoms with Crippen molar-refractivity contribution >= 4 is 23.3 Å². The third-order valence-corrected chi connectivity index (χ3v) is 3.58. The molecule has 1 heterocycles. The second-order valence-corrected chi connectivity index (χ2v) is 5.47. The van der Waals surface area contributed by atoms with E-state index in [2.05, 4.69) is 4.90 Å². The van der Waals surface area contributed by atoms with Crippen LogP contribution in [0.5, 0.6) is 0 Å². The SMILES string of the molecule is CC1(CC(=O)O)CCN(c2ccc(Cl)cc2)C1. The topological polar surface area (TPSA) is 40.5 Å². The fourth-order valence-electron chi connectivity index (χ4n) is 2.41. The van der Waals surface area contributed by atoms with Crippen LogP contribution >= 0.6 is 11.6 Å². The van der Waals surface area contributed by atoms with Crippen LogP contribution in [0.15, 0.2) is 24.3 Å². The summed E-state index contributed by atoms with van der Waals surface area (Å²) in [6.45, 7) is 3.74. The second kappa shape index (κ2) is 4.57. The van der Waals surface area contributed by atoms with Gasteiger partial charge in [0.25, 0.3) is 0 Å². The van der Waals surface area contributed by atoms with E-state index in [0.29, 0.717) is 0 Å². The molecule has 1 N–H and O–H groups in total. The highest BCUT2D eigenvalue weighted by atomic mass is 35.5. The third-order valence-electron chi connectivity index (χ3n) is 3.33. The molecule has 0 bridgehead atoms. The zero-order chi connectivity index (χ0) is 12.5. The lowest BCUT2D eigenvalue weighted by Gasteiger charge is -2.23. The summed E-state index contributed by atoms with van der Waals surface area (Å²) in [6.07, 6.45) is 1.15. The normalized spacial score (nSPS) is 24.0. The van der Waals surface area contributed by atoms with Crippen molar-refractivity contribution in [3.05, 3.63) is 29.3 Å². The van der Waals surface area contributed by atoms with Gasteiger partial charge in [0.05, 0.1) is 6.42 Å². The lowest BCUT2D eigenvalue weighted by atomic mass is 9.86. The molecule has 1 unspecified atom stereocenters. The molecule has 3 nitrogen and oxygen atoms in total. The highest BCUT2D eigenvalue weighted by molar-refractivity contribution is 6.30. The Bertz CT molecular complexity index is 418. The highest BCUT2D eigenvalue weighted by Gasteiger charge is 2.35. The van der Waals surface area contributed by atoms with Gasteiger partial charge in [-0.3, -0.25) is 4.79 Å². The van der Waals surface area contributed by atoms with Gasteiger partial charge in [0.2, 0.25) is 0 Å². The van der Waals surface area contributed by atoms with Crippen LogP contribution in [-0.2, 0) is 4.79 Å². The zero-order valence-electron chi connectivity index (χ0n) is 9.82. The molecule has 1 aromatic rings. The molecule has 0 aromatic heterocycles. The van der Waals surface area contributed by atoms with Crippen molar-refractivity contribution in [1.29, 1.82) is 0 Å². The Morgan fingerprint density at radius 3 is 2.71 bits per heavy atom. The fourth-order valence-corrected chi connectivity index (χ4v) is 2.53. The van der Waals surface area contributed by atoms with Gasteiger partial charge in [-0.25, -0.2) is 0 Å². The predicted molar refractivity (Wildman–Crippen MR) is 68.6 cm³/mol. The minimum Gasteiger partial charge on any atom is -0.481 e. The molecule has 2 rings (SSSR count). The van der Waals surface area contributed by atoms with Crippen molar-refractivity contribution in [1.82, 2.24) is 0 Å². The molecular formula is C13H16ClNO2. The first-order chi connectivity index (χ1) is 7.98. The van der Waals surface area contributed by atoms with Gasteiger partial charge in [-0.15, -0.1) is 0 Å². The molecule has 0 saturated carbocycles. The van der Waals surface area contributed by atoms with Crippen molar-refractivity contribution in [3.63, 3.8) is 0 Å². The molecule has 0 amide bonds. The van der Waals surface area contributed by atoms with Crippen LogP contribution in [0, 0.1) is 5.41 Å². The molecule has 1 aliphatic rings. The predicted octanol–water partition coefficient (Wildman–Crippen LogP) is 3.03. The summed E-state index contributed by atoms with van der Waals surface area (Å²) in [7, 11) is 0. The number of anilines is 1. The molecule has 1 aliphatic heterocycles. The summed E-state index contributed by atoms with van der Waals surface area (Å²) < 4.78 is 0. The average molecular weight is 254 g/mol. The Morgan fingerprint density at radius 1 is 1.47 bits per heavy atom. The van der Waals surface area contributed by atoms with Crippen molar-refractivity contribution in [3.8, 4) is 0 Å². The van der Waals surface area contributed by atoms with E-state index in [1.165, 1.54) is 0 Å². The standard InChI is InChI=1S/C13H16ClNO2/c1-13(8-12(16)17)6-7-15(9-13)11-4-2-10(14)3-5-11/h2-5H,6-9H2,1H3,(H,16,17). The molecule has 92 valence electrons. The molecule has 1 saturated heterocycles. The van der Waals surface area contributed by atoms with Gasteiger partial charge in [-0.1, -0.05) is 18.5 Å². The molecule has 17 heavy (non-hydrogen) atoms. The second-order valence-electron chi connectivity index (χ2n) is 5.03. The molecular weight excluding hydrogens is 238 g/mol. The van der Waals surface area contributed by atoms with Gasteiger partial charge < -0.3 is 10.0 Å². The Morgan fingerprint density at radius 2 is 2.12 bits per heavy atom. The number of hydrogen-bond acceptors (Lipinski definition) is 2. The molecule has 1 aromatic carbocycles. The van der Waals surface area contributed by atoms with Gasteiger partial charge in [-0.2, -0.15) is 0 Å². The van der Waals surface area contributed by atoms with Crippen LogP contribution in [0.2, 0.25) is 5.02 Å². The van der Waals surface area contributed by atoms with Crippen LogP contribution in [-0.4, -0.2) is 24.2 Å². The summed E-state index contributed by atoms with van der Waals surface area (Å²) in [4.78, 5) is 13.0. The van der Waals surface area contributed by atoms with Gasteiger partial charge >= 0.3 is 5.97 Å². The Hall–Kier alpha value is -1.22. The number of carbonyl (C=O) groups is 1. The average Bonchev–Trinajstić information content (AvgIpc) is 2.60. The first-order valence-corrected chi connectivity index (χ1v) is 6.09. The monoisotopic (exact) mass is 253 g/mol. The minimum absolute atomic E-state index is 0.120. The number of nitrogens with zero attached hydrogens (tertiary/aromatic N) is 1. The summed E-state index contributed by atoms with van der Waals surface area (Å²) in [5.74, 6) is -0.717. The van der Waals surface area contributed by atoms with Crippen LogP contribution in [0.25, 0.3) is 0 Å². The molecule has 1 fully saturated rings. The molecule has 0 aliphatic carbocycles. The van der Waals surface area contributed by atoms with E-state index in [0.717, 1.165) is 30.2 Å². The smallest absolute Gasteiger partial charge is 0.303 e. The van der Waals surface area contributed by atoms with Crippen molar-refractivity contribution in [2.75, 3.05) is 18.0 Å². The Kier molecular flexibility index (Phi) is 3.29. The van der Waals surface area contributed by atoms with E-state index < -0.39 is 5.97 Å². The first-order valence-electron chi connectivity index (χ1n) is 5.71. The van der Waals surface area contributed by atoms with Crippen LogP contribution < -0.4 is 4.90 Å². The molecule has 0 radical (unpaired) electrons. The molecule has 1 atom stereocenters. The van der Waals surface area contributed by atoms with E-state index in [1.807, 2.05) is 31.2 Å². The summed E-state index contributed by atoms with van der Waals surface area (Å²) in [6, 6.07) is 7.69. The largest absolute Gasteiger partial charge is 0.481 e. The number of halogens is 1. The van der Waals surface area contributed by atoms with Crippen molar-refractivity contribution in [2.24, 2.45) is 5.41 Å². The number of benzene rings is 1. The van der Waals surface area contributed by atoms with Crippen LogP contribution in [0.3, 0.4) is 0 Å². The van der Waals surface area contributed by atoms with E-state index in [1.54, 1.807) is 0 Å². The van der Waals surface area contributed by atoms with E-state index in [4.69, 9.17) is 16.7 Å².